The van der Waals surface area contributed by atoms with Gasteiger partial charge in [0.1, 0.15) is 11.4 Å². The van der Waals surface area contributed by atoms with E-state index in [9.17, 15) is 4.79 Å². The second kappa shape index (κ2) is 6.78. The molecule has 2 aromatic heterocycles. The summed E-state index contributed by atoms with van der Waals surface area (Å²) < 4.78 is 5.24. The molecule has 0 spiro atoms. The average Bonchev–Trinajstić information content (AvgIpc) is 2.47. The summed E-state index contributed by atoms with van der Waals surface area (Å²) >= 11 is 0. The predicted molar refractivity (Wildman–Crippen MR) is 78.9 cm³/mol. The average molecular weight is 286 g/mol. The number of ether oxygens (including phenoxy) is 1. The number of hydrogen-bond donors (Lipinski definition) is 0. The topological polar surface area (TPSA) is 68.2 Å². The van der Waals surface area contributed by atoms with Crippen molar-refractivity contribution in [1.82, 2.24) is 15.0 Å². The molecule has 2 rings (SSSR count). The van der Waals surface area contributed by atoms with E-state index in [-0.39, 0.29) is 12.1 Å². The molecule has 0 radical (unpaired) electrons. The number of aromatic nitrogens is 3. The summed E-state index contributed by atoms with van der Waals surface area (Å²) in [7, 11) is 1.85. The molecular formula is C15H18N4O2. The largest absolute Gasteiger partial charge is 0.459 e. The van der Waals surface area contributed by atoms with Gasteiger partial charge in [-0.15, -0.1) is 0 Å². The highest BCUT2D eigenvalue weighted by Crippen LogP contribution is 2.19. The van der Waals surface area contributed by atoms with E-state index in [0.29, 0.717) is 17.9 Å². The molecule has 2 aromatic rings. The summed E-state index contributed by atoms with van der Waals surface area (Å²) in [5, 5.41) is 0. The Bertz CT molecular complexity index is 602. The third kappa shape index (κ3) is 3.98. The first-order valence-electron chi connectivity index (χ1n) is 6.70. The molecule has 0 atom stereocenters. The smallest absolute Gasteiger partial charge is 0.342 e. The van der Waals surface area contributed by atoms with Crippen molar-refractivity contribution >= 4 is 11.8 Å². The maximum atomic E-state index is 12.1. The Kier molecular flexibility index (Phi) is 4.81. The van der Waals surface area contributed by atoms with Crippen molar-refractivity contribution in [3.05, 3.63) is 48.2 Å². The molecule has 0 saturated carbocycles. The zero-order valence-corrected chi connectivity index (χ0v) is 12.4. The molecule has 6 nitrogen and oxygen atoms in total. The van der Waals surface area contributed by atoms with E-state index in [0.717, 1.165) is 5.69 Å². The van der Waals surface area contributed by atoms with Crippen molar-refractivity contribution in [1.29, 1.82) is 0 Å². The van der Waals surface area contributed by atoms with Crippen LogP contribution >= 0.6 is 0 Å². The van der Waals surface area contributed by atoms with Gasteiger partial charge in [0.05, 0.1) is 24.5 Å². The summed E-state index contributed by atoms with van der Waals surface area (Å²) in [6, 6.07) is 3.43. The van der Waals surface area contributed by atoms with E-state index < -0.39 is 0 Å². The van der Waals surface area contributed by atoms with Crippen LogP contribution in [0.15, 0.2) is 36.9 Å². The van der Waals surface area contributed by atoms with Crippen LogP contribution in [-0.2, 0) is 11.3 Å². The SMILES string of the molecule is CC(C)OC(=O)c1cccnc1N(C)Cc1cnccn1. The van der Waals surface area contributed by atoms with Gasteiger partial charge in [-0.05, 0) is 26.0 Å². The normalized spacial score (nSPS) is 10.5. The number of pyridine rings is 1. The van der Waals surface area contributed by atoms with Crippen LogP contribution in [0.25, 0.3) is 0 Å². The van der Waals surface area contributed by atoms with Gasteiger partial charge in [0, 0.05) is 25.6 Å². The number of rotatable bonds is 5. The minimum atomic E-state index is -0.376. The minimum absolute atomic E-state index is 0.171. The molecule has 6 heteroatoms. The van der Waals surface area contributed by atoms with Crippen LogP contribution in [0.5, 0.6) is 0 Å². The van der Waals surface area contributed by atoms with Crippen molar-refractivity contribution in [3.63, 3.8) is 0 Å². The van der Waals surface area contributed by atoms with E-state index in [1.807, 2.05) is 25.8 Å². The molecule has 0 unspecified atom stereocenters. The van der Waals surface area contributed by atoms with Crippen molar-refractivity contribution in [2.24, 2.45) is 0 Å². The molecule has 0 N–H and O–H groups in total. The highest BCUT2D eigenvalue weighted by atomic mass is 16.5. The van der Waals surface area contributed by atoms with Gasteiger partial charge >= 0.3 is 5.97 Å². The van der Waals surface area contributed by atoms with Crippen LogP contribution in [-0.4, -0.2) is 34.1 Å². The third-order valence-corrected chi connectivity index (χ3v) is 2.73. The zero-order valence-electron chi connectivity index (χ0n) is 12.4. The van der Waals surface area contributed by atoms with E-state index >= 15 is 0 Å². The highest BCUT2D eigenvalue weighted by Gasteiger charge is 2.18. The van der Waals surface area contributed by atoms with Gasteiger partial charge in [-0.1, -0.05) is 0 Å². The highest BCUT2D eigenvalue weighted by molar-refractivity contribution is 5.94. The molecule has 2 heterocycles. The molecule has 0 bridgehead atoms. The molecule has 21 heavy (non-hydrogen) atoms. The minimum Gasteiger partial charge on any atom is -0.459 e. The second-order valence-corrected chi connectivity index (χ2v) is 4.88. The molecule has 0 aliphatic rings. The number of hydrogen-bond acceptors (Lipinski definition) is 6. The predicted octanol–water partition coefficient (Wildman–Crippen LogP) is 2.07. The van der Waals surface area contributed by atoms with Gasteiger partial charge in [0.2, 0.25) is 0 Å². The number of carbonyl (C=O) groups is 1. The Morgan fingerprint density at radius 2 is 2.10 bits per heavy atom. The molecule has 0 fully saturated rings. The van der Waals surface area contributed by atoms with Gasteiger partial charge < -0.3 is 9.64 Å². The van der Waals surface area contributed by atoms with Gasteiger partial charge in [-0.2, -0.15) is 0 Å². The number of anilines is 1. The molecule has 0 saturated heterocycles. The maximum Gasteiger partial charge on any atom is 0.342 e. The second-order valence-electron chi connectivity index (χ2n) is 4.88. The Labute approximate surface area is 123 Å². The van der Waals surface area contributed by atoms with Crippen LogP contribution in [0.4, 0.5) is 5.82 Å². The fraction of sp³-hybridized carbons (Fsp3) is 0.333. The van der Waals surface area contributed by atoms with Gasteiger partial charge in [-0.25, -0.2) is 9.78 Å². The molecule has 0 aliphatic carbocycles. The number of nitrogens with zero attached hydrogens (tertiary/aromatic N) is 4. The van der Waals surface area contributed by atoms with Crippen molar-refractivity contribution in [2.75, 3.05) is 11.9 Å². The van der Waals surface area contributed by atoms with E-state index in [2.05, 4.69) is 15.0 Å². The molecule has 0 amide bonds. The zero-order chi connectivity index (χ0) is 15.2. The fourth-order valence-corrected chi connectivity index (χ4v) is 1.87. The van der Waals surface area contributed by atoms with E-state index in [1.165, 1.54) is 0 Å². The Morgan fingerprint density at radius 3 is 2.76 bits per heavy atom. The van der Waals surface area contributed by atoms with Crippen LogP contribution in [0.2, 0.25) is 0 Å². The third-order valence-electron chi connectivity index (χ3n) is 2.73. The molecule has 0 aliphatic heterocycles. The summed E-state index contributed by atoms with van der Waals surface area (Å²) in [4.78, 5) is 26.5. The first kappa shape index (κ1) is 14.9. The maximum absolute atomic E-state index is 12.1. The number of carbonyl (C=O) groups excluding carboxylic acids is 1. The van der Waals surface area contributed by atoms with Crippen molar-refractivity contribution < 1.29 is 9.53 Å². The van der Waals surface area contributed by atoms with Crippen LogP contribution < -0.4 is 4.90 Å². The van der Waals surface area contributed by atoms with Crippen molar-refractivity contribution in [3.8, 4) is 0 Å². The Morgan fingerprint density at radius 1 is 1.29 bits per heavy atom. The monoisotopic (exact) mass is 286 g/mol. The van der Waals surface area contributed by atoms with Crippen molar-refractivity contribution in [2.45, 2.75) is 26.5 Å². The lowest BCUT2D eigenvalue weighted by Crippen LogP contribution is -2.23. The fourth-order valence-electron chi connectivity index (χ4n) is 1.87. The summed E-state index contributed by atoms with van der Waals surface area (Å²) in [5.74, 6) is 0.188. The quantitative estimate of drug-likeness (QED) is 0.784. The lowest BCUT2D eigenvalue weighted by molar-refractivity contribution is 0.0378. The van der Waals surface area contributed by atoms with Gasteiger partial charge in [0.25, 0.3) is 0 Å². The lowest BCUT2D eigenvalue weighted by Gasteiger charge is -2.20. The van der Waals surface area contributed by atoms with E-state index in [1.54, 1.807) is 36.9 Å². The van der Waals surface area contributed by atoms with E-state index in [4.69, 9.17) is 4.74 Å². The standard InChI is InChI=1S/C15H18N4O2/c1-11(2)21-15(20)13-5-4-6-18-14(13)19(3)10-12-9-16-7-8-17-12/h4-9,11H,10H2,1-3H3. The number of esters is 1. The van der Waals surface area contributed by atoms with Crippen LogP contribution in [0.1, 0.15) is 29.9 Å². The molecule has 110 valence electrons. The van der Waals surface area contributed by atoms with Gasteiger partial charge in [0.15, 0.2) is 0 Å². The Balaban J connectivity index is 2.21. The first-order valence-corrected chi connectivity index (χ1v) is 6.70. The van der Waals surface area contributed by atoms with Crippen LogP contribution in [0.3, 0.4) is 0 Å². The molecule has 0 aromatic carbocycles. The van der Waals surface area contributed by atoms with Crippen LogP contribution in [0, 0.1) is 0 Å². The first-order chi connectivity index (χ1) is 10.1. The Hall–Kier alpha value is -2.50. The summed E-state index contributed by atoms with van der Waals surface area (Å²) in [6.07, 6.45) is 6.42. The van der Waals surface area contributed by atoms with Gasteiger partial charge in [-0.3, -0.25) is 9.97 Å². The lowest BCUT2D eigenvalue weighted by atomic mass is 10.2. The summed E-state index contributed by atoms with van der Waals surface area (Å²) in [6.45, 7) is 4.14. The summed E-state index contributed by atoms with van der Waals surface area (Å²) in [5.41, 5.74) is 1.24. The molecular weight excluding hydrogens is 268 g/mol.